The Morgan fingerprint density at radius 3 is 3.00 bits per heavy atom. The van der Waals surface area contributed by atoms with E-state index in [1.165, 1.54) is 6.20 Å². The number of carboxylic acids is 1. The van der Waals surface area contributed by atoms with Crippen LogP contribution in [0.15, 0.2) is 6.20 Å². The zero-order valence-corrected chi connectivity index (χ0v) is 6.76. The Hall–Kier alpha value is -1.38. The number of hydrogen-bond acceptors (Lipinski definition) is 4. The molecule has 0 radical (unpaired) electrons. The fourth-order valence-corrected chi connectivity index (χ4v) is 1.18. The highest BCUT2D eigenvalue weighted by Gasteiger charge is 2.05. The highest BCUT2D eigenvalue weighted by Crippen LogP contribution is 2.10. The van der Waals surface area contributed by atoms with E-state index in [9.17, 15) is 4.79 Å². The zero-order valence-electron chi connectivity index (χ0n) is 5.94. The molecule has 0 aliphatic carbocycles. The van der Waals surface area contributed by atoms with E-state index in [1.54, 1.807) is 0 Å². The second-order valence-electron chi connectivity index (χ2n) is 1.79. The van der Waals surface area contributed by atoms with Gasteiger partial charge in [0.2, 0.25) is 0 Å². The SMILES string of the molecule is O=C(O)c1cnc(C#CCO)s1. The third kappa shape index (κ3) is 2.05. The quantitative estimate of drug-likeness (QED) is 0.609. The monoisotopic (exact) mass is 183 g/mol. The van der Waals surface area contributed by atoms with Gasteiger partial charge in [0.25, 0.3) is 0 Å². The van der Waals surface area contributed by atoms with E-state index in [2.05, 4.69) is 16.8 Å². The first-order valence-corrected chi connectivity index (χ1v) is 3.84. The number of nitrogens with zero attached hydrogens (tertiary/aromatic N) is 1. The Morgan fingerprint density at radius 2 is 2.50 bits per heavy atom. The molecular weight excluding hydrogens is 178 g/mol. The Balaban J connectivity index is 2.84. The number of hydrogen-bond donors (Lipinski definition) is 2. The normalized spacial score (nSPS) is 8.75. The molecule has 0 bridgehead atoms. The van der Waals surface area contributed by atoms with Crippen LogP contribution in [-0.2, 0) is 0 Å². The van der Waals surface area contributed by atoms with Gasteiger partial charge in [-0.05, 0) is 5.92 Å². The van der Waals surface area contributed by atoms with Gasteiger partial charge >= 0.3 is 5.97 Å². The molecular formula is C7H5NO3S. The van der Waals surface area contributed by atoms with Crippen LogP contribution in [-0.4, -0.2) is 27.8 Å². The van der Waals surface area contributed by atoms with E-state index in [0.29, 0.717) is 5.01 Å². The number of aliphatic hydroxyl groups is 1. The molecule has 0 unspecified atom stereocenters. The van der Waals surface area contributed by atoms with Gasteiger partial charge in [-0.25, -0.2) is 9.78 Å². The van der Waals surface area contributed by atoms with Crippen molar-refractivity contribution < 1.29 is 15.0 Å². The standard InChI is InChI=1S/C7H5NO3S/c9-3-1-2-6-8-4-5(12-6)7(10)11/h4,9H,3H2,(H,10,11). The molecule has 0 saturated carbocycles. The highest BCUT2D eigenvalue weighted by atomic mass is 32.1. The third-order valence-electron chi connectivity index (χ3n) is 0.991. The minimum Gasteiger partial charge on any atom is -0.477 e. The molecule has 0 spiro atoms. The predicted molar refractivity (Wildman–Crippen MR) is 43.0 cm³/mol. The number of aromatic nitrogens is 1. The zero-order chi connectivity index (χ0) is 8.97. The molecule has 1 heterocycles. The smallest absolute Gasteiger partial charge is 0.347 e. The van der Waals surface area contributed by atoms with Crippen LogP contribution in [0, 0.1) is 11.8 Å². The molecule has 0 atom stereocenters. The van der Waals surface area contributed by atoms with Crippen molar-refractivity contribution in [1.82, 2.24) is 4.98 Å². The van der Waals surface area contributed by atoms with Gasteiger partial charge in [-0.2, -0.15) is 0 Å². The van der Waals surface area contributed by atoms with E-state index >= 15 is 0 Å². The van der Waals surface area contributed by atoms with E-state index in [-0.39, 0.29) is 11.5 Å². The molecule has 12 heavy (non-hydrogen) atoms. The summed E-state index contributed by atoms with van der Waals surface area (Å²) >= 11 is 0.986. The van der Waals surface area contributed by atoms with Crippen molar-refractivity contribution >= 4 is 17.3 Å². The highest BCUT2D eigenvalue weighted by molar-refractivity contribution is 7.14. The fourth-order valence-electron chi connectivity index (χ4n) is 0.546. The van der Waals surface area contributed by atoms with Gasteiger partial charge in [-0.1, -0.05) is 17.3 Å². The van der Waals surface area contributed by atoms with Gasteiger partial charge < -0.3 is 10.2 Å². The van der Waals surface area contributed by atoms with Crippen molar-refractivity contribution in [3.8, 4) is 11.8 Å². The maximum absolute atomic E-state index is 10.4. The summed E-state index contributed by atoms with van der Waals surface area (Å²) in [4.78, 5) is 14.2. The Bertz CT molecular complexity index is 347. The summed E-state index contributed by atoms with van der Waals surface area (Å²) < 4.78 is 0. The Morgan fingerprint density at radius 1 is 1.75 bits per heavy atom. The fraction of sp³-hybridized carbons (Fsp3) is 0.143. The van der Waals surface area contributed by atoms with Gasteiger partial charge in [0.1, 0.15) is 11.5 Å². The summed E-state index contributed by atoms with van der Waals surface area (Å²) in [5.74, 6) is 3.88. The van der Waals surface area contributed by atoms with Crippen molar-refractivity contribution in [1.29, 1.82) is 0 Å². The lowest BCUT2D eigenvalue weighted by Gasteiger charge is -1.78. The summed E-state index contributed by atoms with van der Waals surface area (Å²) in [5.41, 5.74) is 0. The molecule has 0 saturated heterocycles. The molecule has 62 valence electrons. The summed E-state index contributed by atoms with van der Waals surface area (Å²) in [5, 5.41) is 17.2. The van der Waals surface area contributed by atoms with Crippen molar-refractivity contribution in [2.24, 2.45) is 0 Å². The lowest BCUT2D eigenvalue weighted by Crippen LogP contribution is -1.89. The van der Waals surface area contributed by atoms with Crippen molar-refractivity contribution in [2.75, 3.05) is 6.61 Å². The average molecular weight is 183 g/mol. The molecule has 0 fully saturated rings. The maximum atomic E-state index is 10.4. The molecule has 0 aliphatic heterocycles. The molecule has 1 aromatic heterocycles. The third-order valence-corrected chi connectivity index (χ3v) is 1.89. The number of aromatic carboxylic acids is 1. The molecule has 0 amide bonds. The Labute approximate surface area is 72.5 Å². The van der Waals surface area contributed by atoms with Crippen LogP contribution in [0.25, 0.3) is 0 Å². The van der Waals surface area contributed by atoms with Crippen LogP contribution >= 0.6 is 11.3 Å². The van der Waals surface area contributed by atoms with Crippen molar-refractivity contribution in [3.05, 3.63) is 16.1 Å². The van der Waals surface area contributed by atoms with E-state index < -0.39 is 5.97 Å². The largest absolute Gasteiger partial charge is 0.477 e. The molecule has 5 heteroatoms. The molecule has 4 nitrogen and oxygen atoms in total. The predicted octanol–water partition coefficient (Wildman–Crippen LogP) is 0.185. The average Bonchev–Trinajstić information content (AvgIpc) is 2.48. The summed E-state index contributed by atoms with van der Waals surface area (Å²) in [7, 11) is 0. The van der Waals surface area contributed by atoms with Crippen molar-refractivity contribution in [2.45, 2.75) is 0 Å². The van der Waals surface area contributed by atoms with E-state index in [0.717, 1.165) is 11.3 Å². The van der Waals surface area contributed by atoms with Gasteiger partial charge in [0, 0.05) is 0 Å². The van der Waals surface area contributed by atoms with Gasteiger partial charge in [-0.15, -0.1) is 0 Å². The van der Waals surface area contributed by atoms with Crippen LogP contribution in [0.5, 0.6) is 0 Å². The lowest BCUT2D eigenvalue weighted by molar-refractivity contribution is 0.0702. The van der Waals surface area contributed by atoms with Gasteiger partial charge in [0.15, 0.2) is 5.01 Å². The van der Waals surface area contributed by atoms with Crippen LogP contribution in [0.3, 0.4) is 0 Å². The molecule has 1 aromatic rings. The minimum absolute atomic E-state index is 0.150. The molecule has 0 aliphatic rings. The number of thiazole rings is 1. The first-order chi connectivity index (χ1) is 5.74. The number of carboxylic acid groups (broad SMARTS) is 1. The molecule has 2 N–H and O–H groups in total. The summed E-state index contributed by atoms with van der Waals surface area (Å²) in [6.07, 6.45) is 1.24. The first-order valence-electron chi connectivity index (χ1n) is 3.03. The van der Waals surface area contributed by atoms with Crippen LogP contribution in [0.1, 0.15) is 14.7 Å². The van der Waals surface area contributed by atoms with Crippen LogP contribution in [0.2, 0.25) is 0 Å². The first kappa shape index (κ1) is 8.71. The topological polar surface area (TPSA) is 70.4 Å². The van der Waals surface area contributed by atoms with Crippen LogP contribution in [0.4, 0.5) is 0 Å². The number of carbonyl (C=O) groups is 1. The summed E-state index contributed by atoms with van der Waals surface area (Å²) in [6.45, 7) is -0.248. The second kappa shape index (κ2) is 3.85. The number of aliphatic hydroxyl groups excluding tert-OH is 1. The minimum atomic E-state index is -1.01. The van der Waals surface area contributed by atoms with Gasteiger partial charge in [0.05, 0.1) is 6.20 Å². The van der Waals surface area contributed by atoms with E-state index in [1.807, 2.05) is 0 Å². The van der Waals surface area contributed by atoms with E-state index in [4.69, 9.17) is 10.2 Å². The van der Waals surface area contributed by atoms with Crippen molar-refractivity contribution in [3.63, 3.8) is 0 Å². The second-order valence-corrected chi connectivity index (χ2v) is 2.83. The summed E-state index contributed by atoms with van der Waals surface area (Å²) in [6, 6.07) is 0. The Kier molecular flexibility index (Phi) is 2.80. The maximum Gasteiger partial charge on any atom is 0.347 e. The lowest BCUT2D eigenvalue weighted by atomic mass is 10.6. The molecule has 0 aromatic carbocycles. The van der Waals surface area contributed by atoms with Gasteiger partial charge in [-0.3, -0.25) is 0 Å². The van der Waals surface area contributed by atoms with Crippen LogP contribution < -0.4 is 0 Å². The number of rotatable bonds is 1. The molecule has 1 rings (SSSR count).